The molecule has 1 aliphatic carbocycles. The van der Waals surface area contributed by atoms with Gasteiger partial charge >= 0.3 is 10.2 Å². The van der Waals surface area contributed by atoms with Crippen LogP contribution in [-0.2, 0) is 27.9 Å². The molecule has 0 bridgehead atoms. The SMILES string of the molecule is COC1C[C@H](c2ccc(F)c(F)c2)C(F)C[C@@H]1n1c2c(ccc1=O)CN(S(=O)(=O)Nc1ncccn1)CC2. The molecule has 38 heavy (non-hydrogen) atoms. The van der Waals surface area contributed by atoms with Gasteiger partial charge in [0.2, 0.25) is 5.95 Å². The second-order valence-corrected chi connectivity index (χ2v) is 11.1. The molecule has 1 N–H and O–H groups in total. The van der Waals surface area contributed by atoms with Crippen molar-refractivity contribution in [1.82, 2.24) is 18.8 Å². The molecule has 3 heterocycles. The van der Waals surface area contributed by atoms with Crippen molar-refractivity contribution in [2.45, 2.75) is 50.0 Å². The van der Waals surface area contributed by atoms with Crippen molar-refractivity contribution in [3.05, 3.63) is 87.6 Å². The number of hydrogen-bond acceptors (Lipinski definition) is 6. The summed E-state index contributed by atoms with van der Waals surface area (Å²) >= 11 is 0. The van der Waals surface area contributed by atoms with Gasteiger partial charge in [-0.3, -0.25) is 4.79 Å². The number of halogens is 3. The lowest BCUT2D eigenvalue weighted by Crippen LogP contribution is -2.46. The van der Waals surface area contributed by atoms with Gasteiger partial charge in [-0.2, -0.15) is 12.7 Å². The van der Waals surface area contributed by atoms with Crippen molar-refractivity contribution in [3.63, 3.8) is 0 Å². The standard InChI is InChI=1S/C25H26F3N5O4S/c1-37-23-12-17(15-3-5-18(26)20(28)11-15)19(27)13-22(23)33-21-7-10-32(14-16(21)4-6-24(33)34)38(35,36)31-25-29-8-2-9-30-25/h2-6,8-9,11,17,19,22-23H,7,10,12-14H2,1H3,(H,29,30,31)/t17-,19?,22+,23?/m1/s1. The van der Waals surface area contributed by atoms with E-state index >= 15 is 4.39 Å². The molecule has 13 heteroatoms. The molecular weight excluding hydrogens is 523 g/mol. The van der Waals surface area contributed by atoms with Crippen LogP contribution in [0.5, 0.6) is 0 Å². The molecule has 5 rings (SSSR count). The van der Waals surface area contributed by atoms with Gasteiger partial charge in [0.1, 0.15) is 6.17 Å². The highest BCUT2D eigenvalue weighted by Gasteiger charge is 2.41. The van der Waals surface area contributed by atoms with Gasteiger partial charge in [0.25, 0.3) is 5.56 Å². The predicted molar refractivity (Wildman–Crippen MR) is 132 cm³/mol. The van der Waals surface area contributed by atoms with Gasteiger partial charge in [-0.1, -0.05) is 12.1 Å². The highest BCUT2D eigenvalue weighted by molar-refractivity contribution is 7.90. The fourth-order valence-electron chi connectivity index (χ4n) is 5.38. The van der Waals surface area contributed by atoms with Crippen molar-refractivity contribution in [3.8, 4) is 0 Å². The highest BCUT2D eigenvalue weighted by atomic mass is 32.2. The third-order valence-corrected chi connectivity index (χ3v) is 8.65. The average molecular weight is 550 g/mol. The summed E-state index contributed by atoms with van der Waals surface area (Å²) in [6.07, 6.45) is 1.12. The summed E-state index contributed by atoms with van der Waals surface area (Å²) in [4.78, 5) is 20.8. The molecule has 2 aliphatic rings. The second kappa shape index (κ2) is 10.5. The summed E-state index contributed by atoms with van der Waals surface area (Å²) in [7, 11) is -2.50. The lowest BCUT2D eigenvalue weighted by molar-refractivity contribution is -0.00604. The quantitative estimate of drug-likeness (QED) is 0.507. The molecule has 1 saturated carbocycles. The molecule has 0 spiro atoms. The fraction of sp³-hybridized carbons (Fsp3) is 0.400. The number of aromatic nitrogens is 3. The molecule has 2 unspecified atom stereocenters. The molecule has 202 valence electrons. The third-order valence-electron chi connectivity index (χ3n) is 7.22. The molecule has 1 aliphatic heterocycles. The Morgan fingerprint density at radius 2 is 1.84 bits per heavy atom. The van der Waals surface area contributed by atoms with Crippen LogP contribution in [-0.4, -0.2) is 53.2 Å². The molecule has 3 aromatic rings. The van der Waals surface area contributed by atoms with E-state index < -0.39 is 46.1 Å². The maximum Gasteiger partial charge on any atom is 0.304 e. The number of alkyl halides is 1. The van der Waals surface area contributed by atoms with Crippen LogP contribution in [0.25, 0.3) is 0 Å². The minimum absolute atomic E-state index is 0.00131. The monoisotopic (exact) mass is 549 g/mol. The number of benzene rings is 1. The zero-order valence-electron chi connectivity index (χ0n) is 20.4. The zero-order valence-corrected chi connectivity index (χ0v) is 21.2. The first-order valence-corrected chi connectivity index (χ1v) is 13.5. The molecule has 1 fully saturated rings. The topological polar surface area (TPSA) is 106 Å². The number of ether oxygens (including phenoxy) is 1. The fourth-order valence-corrected chi connectivity index (χ4v) is 6.48. The van der Waals surface area contributed by atoms with Crippen LogP contribution in [0.4, 0.5) is 19.1 Å². The second-order valence-electron chi connectivity index (χ2n) is 9.39. The van der Waals surface area contributed by atoms with Crippen molar-refractivity contribution >= 4 is 16.2 Å². The maximum absolute atomic E-state index is 15.5. The zero-order chi connectivity index (χ0) is 27.0. The molecule has 1 aromatic carbocycles. The summed E-state index contributed by atoms with van der Waals surface area (Å²) in [5.41, 5.74) is 1.21. The number of nitrogens with one attached hydrogen (secondary N) is 1. The van der Waals surface area contributed by atoms with Gasteiger partial charge in [0.05, 0.1) is 12.1 Å². The average Bonchev–Trinajstić information content (AvgIpc) is 2.90. The van der Waals surface area contributed by atoms with Gasteiger partial charge in [-0.15, -0.1) is 0 Å². The van der Waals surface area contributed by atoms with E-state index in [4.69, 9.17) is 4.74 Å². The van der Waals surface area contributed by atoms with Gasteiger partial charge in [-0.25, -0.2) is 27.9 Å². The number of rotatable bonds is 6. The molecular formula is C25H26F3N5O4S. The Bertz CT molecular complexity index is 1490. The van der Waals surface area contributed by atoms with E-state index in [0.29, 0.717) is 16.8 Å². The van der Waals surface area contributed by atoms with E-state index in [1.165, 1.54) is 40.5 Å². The van der Waals surface area contributed by atoms with Gasteiger partial charge in [0, 0.05) is 63.1 Å². The lowest BCUT2D eigenvalue weighted by Gasteiger charge is -2.40. The summed E-state index contributed by atoms with van der Waals surface area (Å²) in [6, 6.07) is 7.16. The van der Waals surface area contributed by atoms with E-state index in [1.54, 1.807) is 12.1 Å². The summed E-state index contributed by atoms with van der Waals surface area (Å²) in [5, 5.41) is 0. The molecule has 0 amide bonds. The Hall–Kier alpha value is -3.29. The van der Waals surface area contributed by atoms with Crippen LogP contribution in [0, 0.1) is 11.6 Å². The van der Waals surface area contributed by atoms with E-state index in [1.807, 2.05) is 0 Å². The Balaban J connectivity index is 1.41. The van der Waals surface area contributed by atoms with Crippen LogP contribution >= 0.6 is 0 Å². The van der Waals surface area contributed by atoms with Crippen LogP contribution in [0.3, 0.4) is 0 Å². The Morgan fingerprint density at radius 1 is 1.08 bits per heavy atom. The first-order chi connectivity index (χ1) is 18.2. The minimum Gasteiger partial charge on any atom is -0.379 e. The summed E-state index contributed by atoms with van der Waals surface area (Å²) < 4.78 is 79.4. The van der Waals surface area contributed by atoms with Gasteiger partial charge < -0.3 is 9.30 Å². The molecule has 4 atom stereocenters. The number of anilines is 1. The van der Waals surface area contributed by atoms with Crippen LogP contribution < -0.4 is 10.3 Å². The smallest absolute Gasteiger partial charge is 0.304 e. The largest absolute Gasteiger partial charge is 0.379 e. The van der Waals surface area contributed by atoms with Gasteiger partial charge in [0.15, 0.2) is 11.6 Å². The third kappa shape index (κ3) is 5.05. The Morgan fingerprint density at radius 3 is 2.55 bits per heavy atom. The molecule has 0 saturated heterocycles. The number of nitrogens with zero attached hydrogens (tertiary/aromatic N) is 4. The van der Waals surface area contributed by atoms with E-state index in [-0.39, 0.29) is 43.9 Å². The highest BCUT2D eigenvalue weighted by Crippen LogP contribution is 2.42. The van der Waals surface area contributed by atoms with E-state index in [2.05, 4.69) is 14.7 Å². The Kier molecular flexibility index (Phi) is 7.25. The number of methoxy groups -OCH3 is 1. The number of hydrogen-bond donors (Lipinski definition) is 1. The first kappa shape index (κ1) is 26.3. The van der Waals surface area contributed by atoms with Crippen molar-refractivity contribution < 1.29 is 26.3 Å². The Labute approximate surface area is 217 Å². The van der Waals surface area contributed by atoms with Crippen LogP contribution in [0.1, 0.15) is 41.6 Å². The number of fused-ring (bicyclic) bond motifs is 1. The maximum atomic E-state index is 15.5. The van der Waals surface area contributed by atoms with Crippen molar-refractivity contribution in [2.24, 2.45) is 0 Å². The predicted octanol–water partition coefficient (Wildman–Crippen LogP) is 3.10. The molecule has 0 radical (unpaired) electrons. The minimum atomic E-state index is -3.97. The van der Waals surface area contributed by atoms with E-state index in [9.17, 15) is 22.0 Å². The van der Waals surface area contributed by atoms with Crippen molar-refractivity contribution in [2.75, 3.05) is 18.4 Å². The van der Waals surface area contributed by atoms with E-state index in [0.717, 1.165) is 12.1 Å². The molecule has 2 aromatic heterocycles. The van der Waals surface area contributed by atoms with Gasteiger partial charge in [-0.05, 0) is 35.7 Å². The summed E-state index contributed by atoms with van der Waals surface area (Å²) in [5.74, 6) is -2.84. The van der Waals surface area contributed by atoms with Crippen LogP contribution in [0.15, 0.2) is 53.6 Å². The lowest BCUT2D eigenvalue weighted by atomic mass is 9.78. The van der Waals surface area contributed by atoms with Crippen molar-refractivity contribution in [1.29, 1.82) is 0 Å². The molecule has 9 nitrogen and oxygen atoms in total. The first-order valence-electron chi connectivity index (χ1n) is 12.1. The number of pyridine rings is 1. The van der Waals surface area contributed by atoms with Crippen LogP contribution in [0.2, 0.25) is 0 Å². The summed E-state index contributed by atoms with van der Waals surface area (Å²) in [6.45, 7) is 0.0816. The normalized spacial score (nSPS) is 24.1.